The maximum absolute atomic E-state index is 14.9. The molecule has 0 radical (unpaired) electrons. The van der Waals surface area contributed by atoms with Crippen LogP contribution in [0.2, 0.25) is 0 Å². The van der Waals surface area contributed by atoms with E-state index in [0.717, 1.165) is 25.7 Å². The molecule has 2 aliphatic rings. The van der Waals surface area contributed by atoms with Crippen molar-refractivity contribution < 1.29 is 17.9 Å². The summed E-state index contributed by atoms with van der Waals surface area (Å²) in [6.07, 6.45) is 2.11. The first-order chi connectivity index (χ1) is 12.4. The van der Waals surface area contributed by atoms with Gasteiger partial charge in [-0.1, -0.05) is 40.0 Å². The predicted octanol–water partition coefficient (Wildman–Crippen LogP) is 6.69. The molecule has 2 rings (SSSR count). The third-order valence-electron chi connectivity index (χ3n) is 7.25. The molecule has 0 bridgehead atoms. The van der Waals surface area contributed by atoms with Crippen molar-refractivity contribution in [1.29, 1.82) is 0 Å². The summed E-state index contributed by atoms with van der Waals surface area (Å²) in [6, 6.07) is 0. The minimum absolute atomic E-state index is 0.0150. The van der Waals surface area contributed by atoms with E-state index in [4.69, 9.17) is 4.74 Å². The standard InChI is InChI=1S/C22H39F3O/c1-5-14(3)7-8-15(4)17-10-9-16(13-19(17)23)18-11-12-20(26-6-2)22(25)21(18)24/h14-22H,5-13H2,1-4H3. The second-order valence-electron chi connectivity index (χ2n) is 8.94. The van der Waals surface area contributed by atoms with Crippen molar-refractivity contribution in [3.05, 3.63) is 0 Å². The Hall–Kier alpha value is -0.250. The third-order valence-corrected chi connectivity index (χ3v) is 7.25. The molecule has 26 heavy (non-hydrogen) atoms. The highest BCUT2D eigenvalue weighted by Crippen LogP contribution is 2.45. The number of halogens is 3. The van der Waals surface area contributed by atoms with Crippen LogP contribution in [-0.2, 0) is 4.74 Å². The van der Waals surface area contributed by atoms with Crippen LogP contribution in [0.15, 0.2) is 0 Å². The van der Waals surface area contributed by atoms with Crippen molar-refractivity contribution in [2.75, 3.05) is 6.61 Å². The van der Waals surface area contributed by atoms with E-state index in [1.54, 1.807) is 0 Å². The molecule has 4 heteroatoms. The van der Waals surface area contributed by atoms with Crippen LogP contribution in [-0.4, -0.2) is 31.2 Å². The third kappa shape index (κ3) is 5.39. The summed E-state index contributed by atoms with van der Waals surface area (Å²) in [7, 11) is 0. The van der Waals surface area contributed by atoms with Crippen LogP contribution in [0.5, 0.6) is 0 Å². The molecule has 0 aromatic carbocycles. The topological polar surface area (TPSA) is 9.23 Å². The van der Waals surface area contributed by atoms with Crippen molar-refractivity contribution in [1.82, 2.24) is 0 Å². The normalized spacial score (nSPS) is 41.0. The van der Waals surface area contributed by atoms with Crippen molar-refractivity contribution >= 4 is 0 Å². The first-order valence-corrected chi connectivity index (χ1v) is 10.9. The first-order valence-electron chi connectivity index (χ1n) is 10.9. The fourth-order valence-corrected chi connectivity index (χ4v) is 5.17. The summed E-state index contributed by atoms with van der Waals surface area (Å²) in [4.78, 5) is 0. The number of hydrogen-bond donors (Lipinski definition) is 0. The summed E-state index contributed by atoms with van der Waals surface area (Å²) < 4.78 is 49.2. The molecule has 2 saturated carbocycles. The summed E-state index contributed by atoms with van der Waals surface area (Å²) >= 11 is 0. The molecule has 0 N–H and O–H groups in total. The fourth-order valence-electron chi connectivity index (χ4n) is 5.17. The summed E-state index contributed by atoms with van der Waals surface area (Å²) in [5, 5.41) is 0. The van der Waals surface area contributed by atoms with Crippen molar-refractivity contribution in [3.63, 3.8) is 0 Å². The molecule has 1 nitrogen and oxygen atoms in total. The van der Waals surface area contributed by atoms with E-state index in [9.17, 15) is 13.2 Å². The Bertz CT molecular complexity index is 405. The maximum atomic E-state index is 14.9. The second-order valence-corrected chi connectivity index (χ2v) is 8.94. The van der Waals surface area contributed by atoms with Crippen LogP contribution in [0.25, 0.3) is 0 Å². The van der Waals surface area contributed by atoms with Gasteiger partial charge in [0.15, 0.2) is 6.17 Å². The van der Waals surface area contributed by atoms with Crippen LogP contribution in [0.3, 0.4) is 0 Å². The molecule has 0 heterocycles. The van der Waals surface area contributed by atoms with E-state index in [1.807, 2.05) is 6.92 Å². The van der Waals surface area contributed by atoms with Gasteiger partial charge in [0.2, 0.25) is 0 Å². The number of hydrogen-bond acceptors (Lipinski definition) is 1. The molecule has 0 aromatic rings. The smallest absolute Gasteiger partial charge is 0.157 e. The largest absolute Gasteiger partial charge is 0.375 e. The van der Waals surface area contributed by atoms with Crippen LogP contribution < -0.4 is 0 Å². The van der Waals surface area contributed by atoms with Gasteiger partial charge in [-0.25, -0.2) is 13.2 Å². The number of rotatable bonds is 8. The maximum Gasteiger partial charge on any atom is 0.157 e. The molecular weight excluding hydrogens is 337 g/mol. The average Bonchev–Trinajstić information content (AvgIpc) is 2.63. The van der Waals surface area contributed by atoms with Gasteiger partial charge < -0.3 is 4.74 Å². The minimum atomic E-state index is -1.56. The van der Waals surface area contributed by atoms with Crippen molar-refractivity contribution in [2.45, 2.75) is 104 Å². The Morgan fingerprint density at radius 2 is 1.65 bits per heavy atom. The number of alkyl halides is 3. The van der Waals surface area contributed by atoms with Gasteiger partial charge in [0.1, 0.15) is 12.3 Å². The average molecular weight is 377 g/mol. The lowest BCUT2D eigenvalue weighted by Gasteiger charge is -2.43. The fraction of sp³-hybridized carbons (Fsp3) is 1.00. The monoisotopic (exact) mass is 376 g/mol. The molecule has 9 atom stereocenters. The van der Waals surface area contributed by atoms with E-state index < -0.39 is 24.6 Å². The lowest BCUT2D eigenvalue weighted by molar-refractivity contribution is -0.0888. The van der Waals surface area contributed by atoms with Gasteiger partial charge in [-0.3, -0.25) is 0 Å². The van der Waals surface area contributed by atoms with Gasteiger partial charge in [-0.15, -0.1) is 0 Å². The van der Waals surface area contributed by atoms with Crippen LogP contribution in [0.4, 0.5) is 13.2 Å². The first kappa shape index (κ1) is 22.0. The quantitative estimate of drug-likeness (QED) is 0.458. The van der Waals surface area contributed by atoms with Gasteiger partial charge in [-0.05, 0) is 68.6 Å². The molecule has 154 valence electrons. The molecule has 0 spiro atoms. The molecule has 0 aliphatic heterocycles. The highest BCUT2D eigenvalue weighted by molar-refractivity contribution is 4.95. The van der Waals surface area contributed by atoms with Crippen molar-refractivity contribution in [2.24, 2.45) is 29.6 Å². The highest BCUT2D eigenvalue weighted by Gasteiger charge is 2.46. The molecule has 0 saturated heterocycles. The van der Waals surface area contributed by atoms with Crippen LogP contribution in [0, 0.1) is 29.6 Å². The summed E-state index contributed by atoms with van der Waals surface area (Å²) in [5.41, 5.74) is 0. The van der Waals surface area contributed by atoms with E-state index in [-0.39, 0.29) is 17.8 Å². The van der Waals surface area contributed by atoms with E-state index in [0.29, 0.717) is 37.7 Å². The van der Waals surface area contributed by atoms with Gasteiger partial charge >= 0.3 is 0 Å². The van der Waals surface area contributed by atoms with Gasteiger partial charge in [0.05, 0.1) is 6.10 Å². The minimum Gasteiger partial charge on any atom is -0.375 e. The predicted molar refractivity (Wildman–Crippen MR) is 102 cm³/mol. The molecule has 0 aromatic heterocycles. The van der Waals surface area contributed by atoms with E-state index in [2.05, 4.69) is 20.8 Å². The lowest BCUT2D eigenvalue weighted by atomic mass is 9.66. The van der Waals surface area contributed by atoms with Crippen LogP contribution in [0.1, 0.15) is 79.1 Å². The van der Waals surface area contributed by atoms with E-state index >= 15 is 0 Å². The van der Waals surface area contributed by atoms with Crippen LogP contribution >= 0.6 is 0 Å². The zero-order valence-electron chi connectivity index (χ0n) is 17.1. The lowest BCUT2D eigenvalue weighted by Crippen LogP contribution is -2.47. The Kier molecular flexibility index (Phi) is 8.76. The molecule has 2 aliphatic carbocycles. The van der Waals surface area contributed by atoms with Gasteiger partial charge in [0, 0.05) is 6.61 Å². The van der Waals surface area contributed by atoms with Gasteiger partial charge in [-0.2, -0.15) is 0 Å². The summed E-state index contributed by atoms with van der Waals surface area (Å²) in [5.74, 6) is 0.814. The Labute approximate surface area is 158 Å². The Balaban J connectivity index is 1.86. The van der Waals surface area contributed by atoms with E-state index in [1.165, 1.54) is 6.42 Å². The number of ether oxygens (including phenoxy) is 1. The van der Waals surface area contributed by atoms with Crippen molar-refractivity contribution in [3.8, 4) is 0 Å². The summed E-state index contributed by atoms with van der Waals surface area (Å²) in [6.45, 7) is 8.84. The SMILES string of the molecule is CCOC1CCC(C2CCC(C(C)CCC(C)CC)C(F)C2)C(F)C1F. The Morgan fingerprint density at radius 1 is 0.923 bits per heavy atom. The molecule has 9 unspecified atom stereocenters. The second kappa shape index (κ2) is 10.3. The zero-order chi connectivity index (χ0) is 19.3. The molecular formula is C22H39F3O. The van der Waals surface area contributed by atoms with Gasteiger partial charge in [0.25, 0.3) is 0 Å². The molecule has 0 amide bonds. The zero-order valence-corrected chi connectivity index (χ0v) is 17.1. The molecule has 2 fully saturated rings. The highest BCUT2D eigenvalue weighted by atomic mass is 19.2. The Morgan fingerprint density at radius 3 is 2.27 bits per heavy atom.